The van der Waals surface area contributed by atoms with E-state index in [1.165, 1.54) is 12.1 Å². The van der Waals surface area contributed by atoms with E-state index in [9.17, 15) is 13.2 Å². The Bertz CT molecular complexity index is 480. The smallest absolute Gasteiger partial charge is 0.416 e. The minimum Gasteiger partial charge on any atom is -0.489 e. The summed E-state index contributed by atoms with van der Waals surface area (Å²) in [6, 6.07) is 4.86. The molecule has 1 unspecified atom stereocenters. The highest BCUT2D eigenvalue weighted by atomic mass is 35.5. The Morgan fingerprint density at radius 3 is 2.74 bits per heavy atom. The van der Waals surface area contributed by atoms with Gasteiger partial charge in [0.15, 0.2) is 4.45 Å². The molecule has 0 bridgehead atoms. The second-order valence-corrected chi connectivity index (χ2v) is 5.22. The third-order valence-corrected chi connectivity index (χ3v) is 3.35. The highest BCUT2D eigenvalue weighted by Crippen LogP contribution is 2.32. The van der Waals surface area contributed by atoms with Gasteiger partial charge in [-0.25, -0.2) is 0 Å². The molecule has 0 aromatic heterocycles. The minimum absolute atomic E-state index is 0.194. The molecule has 1 aromatic rings. The van der Waals surface area contributed by atoms with Crippen LogP contribution >= 0.6 is 23.8 Å². The van der Waals surface area contributed by atoms with Crippen LogP contribution in [0.25, 0.3) is 0 Å². The number of likely N-dealkylation sites (tertiary alicyclic amines) is 1. The van der Waals surface area contributed by atoms with Gasteiger partial charge in [0.1, 0.15) is 11.9 Å². The monoisotopic (exact) mass is 309 g/mol. The number of nitrogens with zero attached hydrogens (tertiary/aromatic N) is 1. The molecule has 1 heterocycles. The van der Waals surface area contributed by atoms with Gasteiger partial charge in [-0.2, -0.15) is 13.2 Å². The van der Waals surface area contributed by atoms with E-state index in [2.05, 4.69) is 0 Å². The highest BCUT2D eigenvalue weighted by molar-refractivity contribution is 7.83. The fourth-order valence-electron chi connectivity index (χ4n) is 1.92. The number of benzene rings is 1. The van der Waals surface area contributed by atoms with Crippen LogP contribution in [0.2, 0.25) is 0 Å². The van der Waals surface area contributed by atoms with E-state index in [4.69, 9.17) is 28.6 Å². The molecule has 2 rings (SSSR count). The first kappa shape index (κ1) is 14.4. The van der Waals surface area contributed by atoms with Crippen molar-refractivity contribution in [1.29, 1.82) is 0 Å². The van der Waals surface area contributed by atoms with Gasteiger partial charge in [-0.1, -0.05) is 17.7 Å². The molecule has 104 valence electrons. The van der Waals surface area contributed by atoms with Crippen molar-refractivity contribution >= 4 is 28.3 Å². The number of halogens is 4. The lowest BCUT2D eigenvalue weighted by Gasteiger charge is -2.16. The normalized spacial score (nSPS) is 19.6. The SMILES string of the molecule is FC(F)(F)c1cccc(OC2CCN(C(=S)Cl)C2)c1. The van der Waals surface area contributed by atoms with Gasteiger partial charge in [0.2, 0.25) is 0 Å². The van der Waals surface area contributed by atoms with Crippen LogP contribution in [-0.4, -0.2) is 28.5 Å². The second-order valence-electron chi connectivity index (χ2n) is 4.25. The first-order valence-corrected chi connectivity index (χ1v) is 6.43. The molecule has 0 radical (unpaired) electrons. The van der Waals surface area contributed by atoms with E-state index in [0.717, 1.165) is 12.1 Å². The lowest BCUT2D eigenvalue weighted by atomic mass is 10.2. The van der Waals surface area contributed by atoms with Crippen molar-refractivity contribution in [1.82, 2.24) is 4.90 Å². The van der Waals surface area contributed by atoms with Crippen LogP contribution in [0.3, 0.4) is 0 Å². The fraction of sp³-hybridized carbons (Fsp3) is 0.417. The molecule has 0 amide bonds. The third kappa shape index (κ3) is 3.73. The van der Waals surface area contributed by atoms with Gasteiger partial charge in [0.25, 0.3) is 0 Å². The highest BCUT2D eigenvalue weighted by Gasteiger charge is 2.31. The number of ether oxygens (including phenoxy) is 1. The molecule has 1 aliphatic rings. The van der Waals surface area contributed by atoms with E-state index in [0.29, 0.717) is 19.5 Å². The summed E-state index contributed by atoms with van der Waals surface area (Å²) in [5.41, 5.74) is -0.715. The molecular weight excluding hydrogens is 299 g/mol. The van der Waals surface area contributed by atoms with Gasteiger partial charge in [-0.15, -0.1) is 0 Å². The Balaban J connectivity index is 2.03. The van der Waals surface area contributed by atoms with Gasteiger partial charge in [0, 0.05) is 13.0 Å². The maximum absolute atomic E-state index is 12.6. The fourth-order valence-corrected chi connectivity index (χ4v) is 2.24. The summed E-state index contributed by atoms with van der Waals surface area (Å²) in [4.78, 5) is 1.76. The predicted octanol–water partition coefficient (Wildman–Crippen LogP) is 3.68. The van der Waals surface area contributed by atoms with Crippen LogP contribution in [0.5, 0.6) is 5.75 Å². The zero-order valence-corrected chi connectivity index (χ0v) is 11.4. The predicted molar refractivity (Wildman–Crippen MR) is 70.5 cm³/mol. The van der Waals surface area contributed by atoms with Crippen molar-refractivity contribution in [3.05, 3.63) is 29.8 Å². The summed E-state index contributed by atoms with van der Waals surface area (Å²) in [6.07, 6.45) is -3.87. The van der Waals surface area contributed by atoms with E-state index < -0.39 is 11.7 Å². The van der Waals surface area contributed by atoms with Gasteiger partial charge >= 0.3 is 6.18 Å². The van der Waals surface area contributed by atoms with Crippen LogP contribution < -0.4 is 4.74 Å². The Morgan fingerprint density at radius 2 is 2.16 bits per heavy atom. The minimum atomic E-state index is -4.36. The Labute approximate surface area is 119 Å². The standard InChI is InChI=1S/C12H11ClF3NOS/c13-11(19)17-5-4-10(7-17)18-9-3-1-2-8(6-9)12(14,15)16/h1-3,6,10H,4-5,7H2. The van der Waals surface area contributed by atoms with Crippen LogP contribution in [0.4, 0.5) is 13.2 Å². The summed E-state index contributed by atoms with van der Waals surface area (Å²) in [5, 5.41) is 0. The molecule has 1 aromatic carbocycles. The molecule has 1 saturated heterocycles. The molecule has 0 aliphatic carbocycles. The van der Waals surface area contributed by atoms with E-state index in [-0.39, 0.29) is 16.3 Å². The van der Waals surface area contributed by atoms with Crippen molar-refractivity contribution in [3.8, 4) is 5.75 Å². The van der Waals surface area contributed by atoms with Gasteiger partial charge in [0.05, 0.1) is 12.1 Å². The zero-order valence-electron chi connectivity index (χ0n) is 9.78. The summed E-state index contributed by atoms with van der Waals surface area (Å²) in [5.74, 6) is 0.210. The quantitative estimate of drug-likeness (QED) is 0.470. The summed E-state index contributed by atoms with van der Waals surface area (Å²) in [6.45, 7) is 1.16. The van der Waals surface area contributed by atoms with Gasteiger partial charge in [-0.05, 0) is 30.4 Å². The topological polar surface area (TPSA) is 12.5 Å². The number of hydrogen-bond acceptors (Lipinski definition) is 2. The van der Waals surface area contributed by atoms with Crippen molar-refractivity contribution in [2.45, 2.75) is 18.7 Å². The van der Waals surface area contributed by atoms with Crippen LogP contribution in [0.1, 0.15) is 12.0 Å². The Morgan fingerprint density at radius 1 is 1.42 bits per heavy atom. The van der Waals surface area contributed by atoms with E-state index >= 15 is 0 Å². The molecule has 1 fully saturated rings. The summed E-state index contributed by atoms with van der Waals surface area (Å²) < 4.78 is 43.4. The van der Waals surface area contributed by atoms with Crippen LogP contribution in [-0.2, 0) is 6.18 Å². The van der Waals surface area contributed by atoms with Gasteiger partial charge < -0.3 is 9.64 Å². The summed E-state index contributed by atoms with van der Waals surface area (Å²) >= 11 is 10.5. The third-order valence-electron chi connectivity index (χ3n) is 2.86. The molecule has 0 spiro atoms. The largest absolute Gasteiger partial charge is 0.489 e. The lowest BCUT2D eigenvalue weighted by molar-refractivity contribution is -0.137. The second kappa shape index (κ2) is 5.54. The van der Waals surface area contributed by atoms with Crippen molar-refractivity contribution in [3.63, 3.8) is 0 Å². The van der Waals surface area contributed by atoms with Crippen molar-refractivity contribution in [2.24, 2.45) is 0 Å². The van der Waals surface area contributed by atoms with Crippen LogP contribution in [0.15, 0.2) is 24.3 Å². The maximum Gasteiger partial charge on any atom is 0.416 e. The molecule has 0 saturated carbocycles. The van der Waals surface area contributed by atoms with Crippen molar-refractivity contribution < 1.29 is 17.9 Å². The summed E-state index contributed by atoms with van der Waals surface area (Å²) in [7, 11) is 0. The molecule has 1 atom stereocenters. The Kier molecular flexibility index (Phi) is 4.20. The molecule has 1 aliphatic heterocycles. The Hall–Kier alpha value is -1.01. The molecule has 19 heavy (non-hydrogen) atoms. The first-order chi connectivity index (χ1) is 8.86. The van der Waals surface area contributed by atoms with Gasteiger partial charge in [-0.3, -0.25) is 0 Å². The molecule has 7 heteroatoms. The number of thiocarbonyl (C=S) groups is 1. The number of alkyl halides is 3. The zero-order chi connectivity index (χ0) is 14.0. The molecule has 0 N–H and O–H groups in total. The number of hydrogen-bond donors (Lipinski definition) is 0. The van der Waals surface area contributed by atoms with E-state index in [1.807, 2.05) is 0 Å². The van der Waals surface area contributed by atoms with Crippen molar-refractivity contribution in [2.75, 3.05) is 13.1 Å². The number of rotatable bonds is 2. The average Bonchev–Trinajstić information content (AvgIpc) is 2.77. The van der Waals surface area contributed by atoms with E-state index in [1.54, 1.807) is 4.90 Å². The lowest BCUT2D eigenvalue weighted by Crippen LogP contribution is -2.26. The van der Waals surface area contributed by atoms with Crippen LogP contribution in [0, 0.1) is 0 Å². The average molecular weight is 310 g/mol. The first-order valence-electron chi connectivity index (χ1n) is 5.64. The molecule has 2 nitrogen and oxygen atoms in total. The maximum atomic E-state index is 12.6. The molecular formula is C12H11ClF3NOS.